The van der Waals surface area contributed by atoms with Crippen LogP contribution in [0.3, 0.4) is 0 Å². The van der Waals surface area contributed by atoms with Gasteiger partial charge in [-0.2, -0.15) is 0 Å². The van der Waals surface area contributed by atoms with Crippen molar-refractivity contribution in [2.45, 2.75) is 27.7 Å². The van der Waals surface area contributed by atoms with E-state index < -0.39 is 0 Å². The predicted molar refractivity (Wildman–Crippen MR) is 38.8 cm³/mol. The van der Waals surface area contributed by atoms with Gasteiger partial charge in [0.25, 0.3) is 0 Å². The molecule has 0 N–H and O–H groups in total. The summed E-state index contributed by atoms with van der Waals surface area (Å²) in [6.07, 6.45) is 1.99. The molecule has 0 saturated carbocycles. The van der Waals surface area contributed by atoms with Crippen LogP contribution in [0.1, 0.15) is 29.1 Å². The molecule has 0 atom stereocenters. The monoisotopic (exact) mass is 113 g/mol. The fraction of sp³-hybridized carbons (Fsp3) is 0.750. The minimum Gasteiger partial charge on any atom is -0.0857 e. The third-order valence-electron chi connectivity index (χ3n) is 0.763. The van der Waals surface area contributed by atoms with Crippen LogP contribution in [-0.2, 0) is 0 Å². The van der Waals surface area contributed by atoms with Crippen molar-refractivity contribution >= 4 is 0 Å². The molecule has 0 aliphatic carbocycles. The Kier molecular flexibility index (Phi) is 2.72. The van der Waals surface area contributed by atoms with Gasteiger partial charge in [0.15, 0.2) is 0 Å². The van der Waals surface area contributed by atoms with Gasteiger partial charge in [0.2, 0.25) is 0 Å². The third kappa shape index (κ3) is 5.74. The molecule has 0 spiro atoms. The maximum Gasteiger partial charge on any atom is 0.0575 e. The average molecular weight is 113 g/mol. The van der Waals surface area contributed by atoms with Gasteiger partial charge in [0, 0.05) is 0 Å². The average Bonchev–Trinajstić information content (AvgIpc) is 1.63. The molecule has 0 rings (SSSR count). The van der Waals surface area contributed by atoms with Gasteiger partial charge >= 0.3 is 0 Å². The molecule has 0 amide bonds. The molecule has 0 heteroatoms. The lowest BCUT2D eigenvalue weighted by molar-refractivity contribution is 0.780. The van der Waals surface area contributed by atoms with Crippen LogP contribution in [0.25, 0.3) is 0 Å². The second kappa shape index (κ2) is 3.71. The van der Waals surface area contributed by atoms with E-state index in [4.69, 9.17) is 1.37 Å². The van der Waals surface area contributed by atoms with Crippen LogP contribution in [-0.4, -0.2) is 0 Å². The number of hydrogen-bond acceptors (Lipinski definition) is 0. The Labute approximate surface area is 54.0 Å². The lowest BCUT2D eigenvalue weighted by Gasteiger charge is -1.95. The summed E-state index contributed by atoms with van der Waals surface area (Å²) in [6.45, 7) is 8.27. The van der Waals surface area contributed by atoms with E-state index in [-0.39, 0.29) is 0 Å². The van der Waals surface area contributed by atoms with Gasteiger partial charge in [-0.25, -0.2) is 0 Å². The van der Waals surface area contributed by atoms with Crippen LogP contribution in [0.2, 0.25) is 0 Å². The largest absolute Gasteiger partial charge is 0.0857 e. The van der Waals surface area contributed by atoms with Gasteiger partial charge in [-0.15, -0.1) is 0 Å². The molecule has 0 fully saturated rings. The first kappa shape index (κ1) is 5.87. The maximum absolute atomic E-state index is 7.42. The molecular weight excluding hydrogens is 96.1 g/mol. The number of allylic oxidation sites excluding steroid dienone is 2. The molecule has 0 radical (unpaired) electrons. The lowest BCUT2D eigenvalue weighted by atomic mass is 10.1. The Morgan fingerprint density at radius 1 is 1.12 bits per heavy atom. The molecule has 0 aliphatic heterocycles. The highest BCUT2D eigenvalue weighted by Crippen LogP contribution is 1.99. The van der Waals surface area contributed by atoms with Crippen molar-refractivity contribution in [2.24, 2.45) is 11.8 Å². The molecule has 0 nitrogen and oxygen atoms in total. The van der Waals surface area contributed by atoms with E-state index in [1.165, 1.54) is 0 Å². The SMILES string of the molecule is [2H]C(=CC(C)C)C(C)C. The fourth-order valence-electron chi connectivity index (χ4n) is 0.385. The first-order chi connectivity index (χ1) is 4.04. The van der Waals surface area contributed by atoms with E-state index in [9.17, 15) is 0 Å². The Morgan fingerprint density at radius 3 is 1.75 bits per heavy atom. The minimum absolute atomic E-state index is 0.382. The highest BCUT2D eigenvalue weighted by atomic mass is 13.9. The molecule has 48 valence electrons. The van der Waals surface area contributed by atoms with Crippen molar-refractivity contribution < 1.29 is 1.37 Å². The highest BCUT2D eigenvalue weighted by molar-refractivity contribution is 4.86. The quantitative estimate of drug-likeness (QED) is 0.483. The van der Waals surface area contributed by atoms with Gasteiger partial charge in [0.05, 0.1) is 1.37 Å². The summed E-state index contributed by atoms with van der Waals surface area (Å²) in [5.74, 6) is 0.896. The summed E-state index contributed by atoms with van der Waals surface area (Å²) >= 11 is 0. The zero-order valence-corrected chi connectivity index (χ0v) is 6.23. The summed E-state index contributed by atoms with van der Waals surface area (Å²) in [7, 11) is 0. The van der Waals surface area contributed by atoms with Crippen LogP contribution in [0.15, 0.2) is 12.1 Å². The lowest BCUT2D eigenvalue weighted by Crippen LogP contribution is -1.81. The van der Waals surface area contributed by atoms with Gasteiger partial charge in [0.1, 0.15) is 0 Å². The fourth-order valence-corrected chi connectivity index (χ4v) is 0.385. The molecule has 0 unspecified atom stereocenters. The van der Waals surface area contributed by atoms with E-state index in [2.05, 4.69) is 13.8 Å². The highest BCUT2D eigenvalue weighted by Gasteiger charge is 1.85. The van der Waals surface area contributed by atoms with Crippen molar-refractivity contribution in [1.29, 1.82) is 0 Å². The molecule has 0 aromatic heterocycles. The summed E-state index contributed by atoms with van der Waals surface area (Å²) in [4.78, 5) is 0. The molecular formula is C8H16. The summed E-state index contributed by atoms with van der Waals surface area (Å²) in [6, 6.07) is 0.755. The van der Waals surface area contributed by atoms with Crippen LogP contribution >= 0.6 is 0 Å². The van der Waals surface area contributed by atoms with Gasteiger partial charge in [-0.05, 0) is 11.8 Å². The van der Waals surface area contributed by atoms with E-state index >= 15 is 0 Å². The zero-order chi connectivity index (χ0) is 7.44. The predicted octanol–water partition coefficient (Wildman–Crippen LogP) is 2.85. The van der Waals surface area contributed by atoms with Crippen molar-refractivity contribution in [1.82, 2.24) is 0 Å². The molecule has 0 aromatic rings. The second-order valence-corrected chi connectivity index (χ2v) is 2.73. The van der Waals surface area contributed by atoms with E-state index in [1.807, 2.05) is 19.9 Å². The Balaban J connectivity index is 3.84. The summed E-state index contributed by atoms with van der Waals surface area (Å²) in [5.41, 5.74) is 0. The van der Waals surface area contributed by atoms with Gasteiger partial charge < -0.3 is 0 Å². The van der Waals surface area contributed by atoms with Crippen LogP contribution in [0.4, 0.5) is 0 Å². The van der Waals surface area contributed by atoms with Crippen molar-refractivity contribution in [2.75, 3.05) is 0 Å². The first-order valence-corrected chi connectivity index (χ1v) is 3.22. The first-order valence-electron chi connectivity index (χ1n) is 3.72. The molecule has 0 aliphatic rings. The third-order valence-corrected chi connectivity index (χ3v) is 0.763. The molecule has 0 aromatic carbocycles. The smallest absolute Gasteiger partial charge is 0.0575 e. The van der Waals surface area contributed by atoms with Crippen LogP contribution in [0.5, 0.6) is 0 Å². The van der Waals surface area contributed by atoms with E-state index in [0.29, 0.717) is 11.8 Å². The van der Waals surface area contributed by atoms with Gasteiger partial charge in [-0.1, -0.05) is 39.8 Å². The standard InChI is InChI=1S/C8H16/c1-7(2)5-6-8(3)4/h5-8H,1-4H3/i5D. The minimum atomic E-state index is 0.382. The summed E-state index contributed by atoms with van der Waals surface area (Å²) in [5, 5.41) is 0. The van der Waals surface area contributed by atoms with E-state index in [1.54, 1.807) is 0 Å². The molecule has 8 heavy (non-hydrogen) atoms. The Bertz CT molecular complexity index is 101. The summed E-state index contributed by atoms with van der Waals surface area (Å²) < 4.78 is 7.42. The molecule has 0 saturated heterocycles. The number of rotatable bonds is 2. The topological polar surface area (TPSA) is 0 Å². The molecule has 0 heterocycles. The second-order valence-electron chi connectivity index (χ2n) is 2.73. The normalized spacial score (nSPS) is 15.2. The Morgan fingerprint density at radius 2 is 1.62 bits per heavy atom. The van der Waals surface area contributed by atoms with E-state index in [0.717, 1.165) is 6.05 Å². The maximum atomic E-state index is 7.42. The Hall–Kier alpha value is -0.260. The van der Waals surface area contributed by atoms with Crippen LogP contribution in [0, 0.1) is 11.8 Å². The molecule has 0 bridgehead atoms. The van der Waals surface area contributed by atoms with Crippen molar-refractivity contribution in [3.63, 3.8) is 0 Å². The van der Waals surface area contributed by atoms with Crippen molar-refractivity contribution in [3.8, 4) is 0 Å². The number of hydrogen-bond donors (Lipinski definition) is 0. The zero-order valence-electron chi connectivity index (χ0n) is 7.23. The van der Waals surface area contributed by atoms with Gasteiger partial charge in [-0.3, -0.25) is 0 Å². The van der Waals surface area contributed by atoms with Crippen molar-refractivity contribution in [3.05, 3.63) is 12.1 Å². The van der Waals surface area contributed by atoms with Crippen LogP contribution < -0.4 is 0 Å².